The highest BCUT2D eigenvalue weighted by atomic mass is 16.6. The Morgan fingerprint density at radius 3 is 2.12 bits per heavy atom. The number of nitrogens with zero attached hydrogens (tertiary/aromatic N) is 1. The van der Waals surface area contributed by atoms with Gasteiger partial charge in [-0.05, 0) is 14.1 Å². The highest BCUT2D eigenvalue weighted by Gasteiger charge is 2.10. The van der Waals surface area contributed by atoms with Gasteiger partial charge in [-0.2, -0.15) is 0 Å². The van der Waals surface area contributed by atoms with Crippen LogP contribution in [0.3, 0.4) is 0 Å². The van der Waals surface area contributed by atoms with Gasteiger partial charge in [-0.3, -0.25) is 0 Å². The van der Waals surface area contributed by atoms with Crippen molar-refractivity contribution in [2.75, 3.05) is 67.9 Å². The number of rotatable bonds is 11. The Hall–Kier alpha value is -0.200. The number of hydrogen-bond acceptors (Lipinski definition) is 5. The molecular formula is C11H25NO4. The van der Waals surface area contributed by atoms with E-state index in [1.165, 1.54) is 0 Å². The molecule has 0 heterocycles. The summed E-state index contributed by atoms with van der Waals surface area (Å²) >= 11 is 0. The van der Waals surface area contributed by atoms with Crippen molar-refractivity contribution in [1.82, 2.24) is 4.90 Å². The fourth-order valence-corrected chi connectivity index (χ4v) is 1.22. The molecule has 1 atom stereocenters. The number of likely N-dealkylation sites (N-methyl/N-ethyl adjacent to an activating group) is 1. The van der Waals surface area contributed by atoms with Gasteiger partial charge in [-0.1, -0.05) is 0 Å². The predicted molar refractivity (Wildman–Crippen MR) is 62.9 cm³/mol. The smallest absolute Gasteiger partial charge is 0.0935 e. The van der Waals surface area contributed by atoms with Gasteiger partial charge in [0.2, 0.25) is 0 Å². The van der Waals surface area contributed by atoms with E-state index < -0.39 is 0 Å². The summed E-state index contributed by atoms with van der Waals surface area (Å²) in [4.78, 5) is 2.08. The molecule has 0 aromatic heterocycles. The Morgan fingerprint density at radius 1 is 0.938 bits per heavy atom. The minimum Gasteiger partial charge on any atom is -0.382 e. The standard InChI is InChI=1S/C11H25NO4/c1-12(2)9-11(16-8-6-14-4)10-15-7-5-13-3/h11H,5-10H2,1-4H3. The largest absolute Gasteiger partial charge is 0.382 e. The second-order valence-corrected chi connectivity index (χ2v) is 3.82. The van der Waals surface area contributed by atoms with Crippen LogP contribution in [0.25, 0.3) is 0 Å². The van der Waals surface area contributed by atoms with Crippen molar-refractivity contribution in [3.63, 3.8) is 0 Å². The van der Waals surface area contributed by atoms with E-state index in [1.807, 2.05) is 14.1 Å². The van der Waals surface area contributed by atoms with Gasteiger partial charge in [0, 0.05) is 20.8 Å². The van der Waals surface area contributed by atoms with Crippen molar-refractivity contribution >= 4 is 0 Å². The van der Waals surface area contributed by atoms with Crippen molar-refractivity contribution < 1.29 is 18.9 Å². The lowest BCUT2D eigenvalue weighted by Gasteiger charge is -2.21. The zero-order chi connectivity index (χ0) is 12.2. The van der Waals surface area contributed by atoms with E-state index in [1.54, 1.807) is 14.2 Å². The Labute approximate surface area is 98.6 Å². The van der Waals surface area contributed by atoms with Crippen molar-refractivity contribution in [3.05, 3.63) is 0 Å². The van der Waals surface area contributed by atoms with Gasteiger partial charge < -0.3 is 23.8 Å². The molecule has 0 amide bonds. The summed E-state index contributed by atoms with van der Waals surface area (Å²) in [6.07, 6.45) is 0.0852. The molecule has 0 rings (SSSR count). The highest BCUT2D eigenvalue weighted by molar-refractivity contribution is 4.60. The molecule has 0 N–H and O–H groups in total. The van der Waals surface area contributed by atoms with E-state index in [0.29, 0.717) is 33.0 Å². The van der Waals surface area contributed by atoms with Crippen molar-refractivity contribution in [1.29, 1.82) is 0 Å². The fourth-order valence-electron chi connectivity index (χ4n) is 1.22. The first-order chi connectivity index (χ1) is 7.70. The summed E-state index contributed by atoms with van der Waals surface area (Å²) < 4.78 is 20.9. The van der Waals surface area contributed by atoms with Crippen LogP contribution in [0.5, 0.6) is 0 Å². The molecule has 0 aromatic carbocycles. The maximum Gasteiger partial charge on any atom is 0.0935 e. The molecule has 0 saturated heterocycles. The molecule has 0 aliphatic rings. The monoisotopic (exact) mass is 235 g/mol. The Kier molecular flexibility index (Phi) is 11.1. The first-order valence-electron chi connectivity index (χ1n) is 5.52. The Morgan fingerprint density at radius 2 is 1.56 bits per heavy atom. The number of hydrogen-bond donors (Lipinski definition) is 0. The summed E-state index contributed by atoms with van der Waals surface area (Å²) in [6.45, 7) is 3.87. The van der Waals surface area contributed by atoms with Crippen LogP contribution in [-0.4, -0.2) is 78.9 Å². The number of methoxy groups -OCH3 is 2. The molecule has 5 heteroatoms. The van der Waals surface area contributed by atoms with Crippen LogP contribution in [0.15, 0.2) is 0 Å². The minimum atomic E-state index is 0.0852. The van der Waals surface area contributed by atoms with Gasteiger partial charge in [0.25, 0.3) is 0 Å². The average Bonchev–Trinajstić information content (AvgIpc) is 2.23. The summed E-state index contributed by atoms with van der Waals surface area (Å²) in [5, 5.41) is 0. The summed E-state index contributed by atoms with van der Waals surface area (Å²) in [6, 6.07) is 0. The van der Waals surface area contributed by atoms with E-state index in [0.717, 1.165) is 6.54 Å². The lowest BCUT2D eigenvalue weighted by Crippen LogP contribution is -2.33. The van der Waals surface area contributed by atoms with Crippen molar-refractivity contribution in [2.45, 2.75) is 6.10 Å². The van der Waals surface area contributed by atoms with Gasteiger partial charge >= 0.3 is 0 Å². The average molecular weight is 235 g/mol. The second kappa shape index (κ2) is 11.3. The lowest BCUT2D eigenvalue weighted by atomic mass is 10.3. The lowest BCUT2D eigenvalue weighted by molar-refractivity contribution is -0.0480. The fraction of sp³-hybridized carbons (Fsp3) is 1.00. The Bertz CT molecular complexity index is 144. The third-order valence-electron chi connectivity index (χ3n) is 1.95. The molecular weight excluding hydrogens is 210 g/mol. The maximum absolute atomic E-state index is 5.64. The third kappa shape index (κ3) is 10.3. The molecule has 0 saturated carbocycles. The van der Waals surface area contributed by atoms with Crippen LogP contribution in [0.2, 0.25) is 0 Å². The third-order valence-corrected chi connectivity index (χ3v) is 1.95. The molecule has 5 nitrogen and oxygen atoms in total. The first-order valence-corrected chi connectivity index (χ1v) is 5.52. The van der Waals surface area contributed by atoms with Gasteiger partial charge in [0.1, 0.15) is 0 Å². The van der Waals surface area contributed by atoms with E-state index in [2.05, 4.69) is 4.90 Å². The molecule has 1 unspecified atom stereocenters. The van der Waals surface area contributed by atoms with Gasteiger partial charge in [-0.25, -0.2) is 0 Å². The maximum atomic E-state index is 5.64. The van der Waals surface area contributed by atoms with Gasteiger partial charge in [-0.15, -0.1) is 0 Å². The van der Waals surface area contributed by atoms with Crippen molar-refractivity contribution in [2.24, 2.45) is 0 Å². The van der Waals surface area contributed by atoms with Crippen LogP contribution >= 0.6 is 0 Å². The van der Waals surface area contributed by atoms with Crippen LogP contribution in [0, 0.1) is 0 Å². The molecule has 0 fully saturated rings. The molecule has 98 valence electrons. The van der Waals surface area contributed by atoms with E-state index in [4.69, 9.17) is 18.9 Å². The zero-order valence-electron chi connectivity index (χ0n) is 10.9. The SMILES string of the molecule is COCCOCC(CN(C)C)OCCOC. The minimum absolute atomic E-state index is 0.0852. The van der Waals surface area contributed by atoms with Crippen molar-refractivity contribution in [3.8, 4) is 0 Å². The quantitative estimate of drug-likeness (QED) is 0.480. The van der Waals surface area contributed by atoms with E-state index in [-0.39, 0.29) is 6.10 Å². The topological polar surface area (TPSA) is 40.2 Å². The van der Waals surface area contributed by atoms with Crippen LogP contribution in [0.4, 0.5) is 0 Å². The molecule has 0 spiro atoms. The zero-order valence-corrected chi connectivity index (χ0v) is 10.9. The van der Waals surface area contributed by atoms with Gasteiger partial charge in [0.05, 0.1) is 39.1 Å². The van der Waals surface area contributed by atoms with Crippen LogP contribution in [0.1, 0.15) is 0 Å². The number of ether oxygens (including phenoxy) is 4. The summed E-state index contributed by atoms with van der Waals surface area (Å²) in [5.74, 6) is 0. The molecule has 0 bridgehead atoms. The summed E-state index contributed by atoms with van der Waals surface area (Å²) in [5.41, 5.74) is 0. The first kappa shape index (κ1) is 15.8. The molecule has 0 radical (unpaired) electrons. The van der Waals surface area contributed by atoms with E-state index in [9.17, 15) is 0 Å². The van der Waals surface area contributed by atoms with Crippen LogP contribution in [-0.2, 0) is 18.9 Å². The second-order valence-electron chi connectivity index (χ2n) is 3.82. The van der Waals surface area contributed by atoms with Gasteiger partial charge in [0.15, 0.2) is 0 Å². The Balaban J connectivity index is 3.63. The molecule has 0 aliphatic carbocycles. The molecule has 16 heavy (non-hydrogen) atoms. The van der Waals surface area contributed by atoms with E-state index >= 15 is 0 Å². The summed E-state index contributed by atoms with van der Waals surface area (Å²) in [7, 11) is 7.36. The highest BCUT2D eigenvalue weighted by Crippen LogP contribution is 1.96. The molecule has 0 aliphatic heterocycles. The predicted octanol–water partition coefficient (Wildman–Crippen LogP) is 0.243. The molecule has 0 aromatic rings. The normalized spacial score (nSPS) is 13.3. The van der Waals surface area contributed by atoms with Crippen LogP contribution < -0.4 is 0 Å².